The van der Waals surface area contributed by atoms with Crippen LogP contribution < -0.4 is 14.9 Å². The lowest BCUT2D eigenvalue weighted by atomic mass is 9.87. The molecule has 1 saturated heterocycles. The number of amides is 1. The molecule has 0 radical (unpaired) electrons. The highest BCUT2D eigenvalue weighted by Gasteiger charge is 2.29. The Bertz CT molecular complexity index is 1470. The average Bonchev–Trinajstić information content (AvgIpc) is 3.35. The number of H-pyrrole nitrogens is 1. The summed E-state index contributed by atoms with van der Waals surface area (Å²) >= 11 is 1.11. The molecule has 5 rings (SSSR count). The highest BCUT2D eigenvalue weighted by molar-refractivity contribution is 7.08. The first kappa shape index (κ1) is 27.0. The molecule has 0 saturated carbocycles. The number of likely N-dealkylation sites (tertiary alicyclic amines) is 1. The summed E-state index contributed by atoms with van der Waals surface area (Å²) < 4.78 is 6.07. The SMILES string of the molecule is Cc1cc(COc2ccc(C(=O)NC(Cc3n[nH]c(=O)s3)C3CCN(C(C)C)CC3)cc2)c2ccccc2n1. The summed E-state index contributed by atoms with van der Waals surface area (Å²) in [6, 6.07) is 17.8. The van der Waals surface area contributed by atoms with Crippen molar-refractivity contribution in [1.29, 1.82) is 0 Å². The molecule has 1 amide bonds. The Labute approximate surface area is 232 Å². The third-order valence-corrected chi connectivity index (χ3v) is 8.28. The zero-order valence-electron chi connectivity index (χ0n) is 22.6. The number of aromatic amines is 1. The molecule has 0 aliphatic carbocycles. The van der Waals surface area contributed by atoms with Crippen molar-refractivity contribution in [3.8, 4) is 5.75 Å². The van der Waals surface area contributed by atoms with Crippen LogP contribution in [0.1, 0.15) is 53.3 Å². The van der Waals surface area contributed by atoms with Crippen molar-refractivity contribution in [3.63, 3.8) is 0 Å². The molecule has 39 heavy (non-hydrogen) atoms. The van der Waals surface area contributed by atoms with E-state index in [0.717, 1.165) is 64.4 Å². The Morgan fingerprint density at radius 3 is 2.59 bits per heavy atom. The minimum absolute atomic E-state index is 0.0927. The van der Waals surface area contributed by atoms with Crippen LogP contribution in [0, 0.1) is 12.8 Å². The fourth-order valence-electron chi connectivity index (χ4n) is 5.34. The Morgan fingerprint density at radius 1 is 1.15 bits per heavy atom. The fourth-order valence-corrected chi connectivity index (χ4v) is 6.00. The number of nitrogens with one attached hydrogen (secondary N) is 2. The number of pyridine rings is 1. The van der Waals surface area contributed by atoms with Crippen molar-refractivity contribution in [2.75, 3.05) is 13.1 Å². The number of aromatic nitrogens is 3. The van der Waals surface area contributed by atoms with Crippen LogP contribution in [0.4, 0.5) is 0 Å². The van der Waals surface area contributed by atoms with Gasteiger partial charge >= 0.3 is 4.87 Å². The van der Waals surface area contributed by atoms with Gasteiger partial charge in [-0.2, -0.15) is 5.10 Å². The van der Waals surface area contributed by atoms with Gasteiger partial charge in [-0.1, -0.05) is 29.5 Å². The van der Waals surface area contributed by atoms with Gasteiger partial charge < -0.3 is 15.0 Å². The second-order valence-corrected chi connectivity index (χ2v) is 11.6. The summed E-state index contributed by atoms with van der Waals surface area (Å²) in [5.41, 5.74) is 3.56. The maximum atomic E-state index is 13.3. The normalized spacial score (nSPS) is 15.5. The van der Waals surface area contributed by atoms with Gasteiger partial charge in [0.15, 0.2) is 0 Å². The largest absolute Gasteiger partial charge is 0.489 e. The molecular formula is C30H35N5O3S. The number of carbonyl (C=O) groups excluding carboxylic acids is 1. The van der Waals surface area contributed by atoms with Crippen LogP contribution in [0.3, 0.4) is 0 Å². The number of benzene rings is 2. The maximum absolute atomic E-state index is 13.3. The summed E-state index contributed by atoms with van der Waals surface area (Å²) in [6.45, 7) is 8.84. The third kappa shape index (κ3) is 6.72. The van der Waals surface area contributed by atoms with E-state index < -0.39 is 0 Å². The van der Waals surface area contributed by atoms with E-state index in [1.165, 1.54) is 0 Å². The Balaban J connectivity index is 1.24. The number of rotatable bonds is 9. The number of aryl methyl sites for hydroxylation is 1. The van der Waals surface area contributed by atoms with Crippen molar-refractivity contribution >= 4 is 28.1 Å². The van der Waals surface area contributed by atoms with E-state index in [0.29, 0.717) is 36.3 Å². The number of ether oxygens (including phenoxy) is 1. The predicted molar refractivity (Wildman–Crippen MR) is 154 cm³/mol. The van der Waals surface area contributed by atoms with Crippen LogP contribution in [0.2, 0.25) is 0 Å². The van der Waals surface area contributed by atoms with E-state index in [9.17, 15) is 9.59 Å². The van der Waals surface area contributed by atoms with Gasteiger partial charge in [0.25, 0.3) is 5.91 Å². The highest BCUT2D eigenvalue weighted by Crippen LogP contribution is 2.25. The number of piperidine rings is 1. The third-order valence-electron chi connectivity index (χ3n) is 7.51. The fraction of sp³-hybridized carbons (Fsp3) is 0.400. The Morgan fingerprint density at radius 2 is 1.90 bits per heavy atom. The first-order valence-electron chi connectivity index (χ1n) is 13.5. The van der Waals surface area contributed by atoms with Gasteiger partial charge in [0.05, 0.1) is 5.52 Å². The number of nitrogens with zero attached hydrogens (tertiary/aromatic N) is 3. The summed E-state index contributed by atoms with van der Waals surface area (Å²) in [7, 11) is 0. The number of carbonyl (C=O) groups is 1. The minimum atomic E-state index is -0.171. The lowest BCUT2D eigenvalue weighted by Gasteiger charge is -2.38. The van der Waals surface area contributed by atoms with E-state index in [1.807, 2.05) is 43.3 Å². The molecule has 2 aromatic heterocycles. The van der Waals surface area contributed by atoms with Crippen molar-refractivity contribution in [2.24, 2.45) is 5.92 Å². The summed E-state index contributed by atoms with van der Waals surface area (Å²) in [4.78, 5) is 31.8. The molecule has 1 aliphatic heterocycles. The molecule has 2 N–H and O–H groups in total. The van der Waals surface area contributed by atoms with Crippen molar-refractivity contribution in [1.82, 2.24) is 25.4 Å². The Hall–Kier alpha value is -3.56. The van der Waals surface area contributed by atoms with Gasteiger partial charge in [-0.25, -0.2) is 5.10 Å². The maximum Gasteiger partial charge on any atom is 0.322 e. The van der Waals surface area contributed by atoms with Gasteiger partial charge in [0.1, 0.15) is 17.4 Å². The predicted octanol–water partition coefficient (Wildman–Crippen LogP) is 4.73. The van der Waals surface area contributed by atoms with Crippen molar-refractivity contribution in [2.45, 2.75) is 58.7 Å². The second kappa shape index (κ2) is 12.1. The molecule has 1 aliphatic rings. The number of hydrogen-bond acceptors (Lipinski definition) is 7. The molecule has 1 unspecified atom stereocenters. The Kier molecular flexibility index (Phi) is 8.38. The van der Waals surface area contributed by atoms with E-state index in [4.69, 9.17) is 4.74 Å². The molecule has 204 valence electrons. The summed E-state index contributed by atoms with van der Waals surface area (Å²) in [5.74, 6) is 0.893. The first-order chi connectivity index (χ1) is 18.9. The molecule has 8 nitrogen and oxygen atoms in total. The average molecular weight is 546 g/mol. The lowest BCUT2D eigenvalue weighted by molar-refractivity contribution is 0.0877. The molecule has 0 spiro atoms. The van der Waals surface area contributed by atoms with E-state index in [1.54, 1.807) is 12.1 Å². The van der Waals surface area contributed by atoms with Gasteiger partial charge in [-0.15, -0.1) is 0 Å². The summed E-state index contributed by atoms with van der Waals surface area (Å²) in [5, 5.41) is 11.7. The molecule has 9 heteroatoms. The molecule has 2 aromatic carbocycles. The lowest BCUT2D eigenvalue weighted by Crippen LogP contribution is -2.47. The van der Waals surface area contributed by atoms with Crippen LogP contribution >= 0.6 is 11.3 Å². The van der Waals surface area contributed by atoms with E-state index >= 15 is 0 Å². The van der Waals surface area contributed by atoms with Crippen LogP contribution in [0.5, 0.6) is 5.75 Å². The van der Waals surface area contributed by atoms with Gasteiger partial charge in [0.2, 0.25) is 0 Å². The van der Waals surface area contributed by atoms with Gasteiger partial charge in [0, 0.05) is 40.7 Å². The van der Waals surface area contributed by atoms with E-state index in [-0.39, 0.29) is 16.8 Å². The standard InChI is InChI=1S/C30H35N5O3S/c1-19(2)35-14-12-21(13-15-35)27(17-28-33-34-30(37)39-28)32-29(36)22-8-10-24(11-9-22)38-18-23-16-20(3)31-26-7-5-4-6-25(23)26/h4-11,16,19,21,27H,12-15,17-18H2,1-3H3,(H,32,36)(H,34,37). The van der Waals surface area contributed by atoms with Crippen molar-refractivity contribution in [3.05, 3.63) is 86.1 Å². The molecule has 1 fully saturated rings. The van der Waals surface area contributed by atoms with Crippen LogP contribution in [0.15, 0.2) is 59.4 Å². The number of para-hydroxylation sites is 1. The van der Waals surface area contributed by atoms with Crippen LogP contribution in [-0.2, 0) is 13.0 Å². The van der Waals surface area contributed by atoms with Gasteiger partial charge in [-0.3, -0.25) is 14.6 Å². The minimum Gasteiger partial charge on any atom is -0.489 e. The van der Waals surface area contributed by atoms with E-state index in [2.05, 4.69) is 45.3 Å². The van der Waals surface area contributed by atoms with Crippen LogP contribution in [-0.4, -0.2) is 51.2 Å². The van der Waals surface area contributed by atoms with Crippen molar-refractivity contribution < 1.29 is 9.53 Å². The summed E-state index contributed by atoms with van der Waals surface area (Å²) in [6.07, 6.45) is 2.54. The number of fused-ring (bicyclic) bond motifs is 1. The molecule has 3 heterocycles. The zero-order chi connectivity index (χ0) is 27.4. The quantitative estimate of drug-likeness (QED) is 0.316. The molecule has 4 aromatic rings. The topological polar surface area (TPSA) is 100 Å². The highest BCUT2D eigenvalue weighted by atomic mass is 32.1. The zero-order valence-corrected chi connectivity index (χ0v) is 23.5. The smallest absolute Gasteiger partial charge is 0.322 e. The monoisotopic (exact) mass is 545 g/mol. The number of hydrogen-bond donors (Lipinski definition) is 2. The molecule has 0 bridgehead atoms. The van der Waals surface area contributed by atoms with Gasteiger partial charge in [-0.05, 0) is 89.0 Å². The molecule has 1 atom stereocenters. The van der Waals surface area contributed by atoms with Crippen LogP contribution in [0.25, 0.3) is 10.9 Å². The molecular weight excluding hydrogens is 510 g/mol. The second-order valence-electron chi connectivity index (χ2n) is 10.5. The first-order valence-corrected chi connectivity index (χ1v) is 14.3.